The Hall–Kier alpha value is -14.2. The van der Waals surface area contributed by atoms with Crippen molar-refractivity contribution < 1.29 is 8.83 Å². The van der Waals surface area contributed by atoms with Crippen molar-refractivity contribution in [2.24, 2.45) is 0 Å². The smallest absolute Gasteiger partial charge is 0.160 e. The zero-order valence-electron chi connectivity index (χ0n) is 56.4. The Bertz CT molecular complexity index is 7570. The average Bonchev–Trinajstić information content (AvgIpc) is 1.55. The van der Waals surface area contributed by atoms with Gasteiger partial charge < -0.3 is 27.1 Å². The molecule has 1 atom stereocenters. The van der Waals surface area contributed by atoms with Crippen molar-refractivity contribution in [2.45, 2.75) is 38.0 Å². The van der Waals surface area contributed by atoms with Gasteiger partial charge in [-0.1, -0.05) is 185 Å². The van der Waals surface area contributed by atoms with Crippen LogP contribution in [-0.2, 0) is 17.3 Å². The van der Waals surface area contributed by atoms with E-state index in [1.165, 1.54) is 33.4 Å². The number of nitriles is 4. The van der Waals surface area contributed by atoms with Crippen LogP contribution in [0, 0.1) is 45.3 Å². The molecule has 10 heteroatoms. The largest absolute Gasteiger partial charge is 0.454 e. The first-order valence-electron chi connectivity index (χ1n) is 35.1. The molecule has 22 rings (SSSR count). The van der Waals surface area contributed by atoms with Gasteiger partial charge in [0.1, 0.15) is 35.4 Å². The lowest BCUT2D eigenvalue weighted by Crippen LogP contribution is -2.24. The number of rotatable bonds is 6. The zero-order valence-corrected chi connectivity index (χ0v) is 56.4. The average molecular weight is 1330 g/mol. The number of fused-ring (bicyclic) bond motifs is 26. The molecule has 0 saturated heterocycles. The molecule has 0 fully saturated rings. The molecule has 0 radical (unpaired) electrons. The summed E-state index contributed by atoms with van der Waals surface area (Å²) in [4.78, 5) is 0. The number of para-hydroxylation sites is 6. The van der Waals surface area contributed by atoms with Gasteiger partial charge >= 0.3 is 0 Å². The Morgan fingerprint density at radius 1 is 0.298 bits per heavy atom. The van der Waals surface area contributed by atoms with Gasteiger partial charge in [-0.05, 0) is 154 Å². The molecule has 2 aliphatic rings. The molecular weight excluding hydrogens is 1270 g/mol. The van der Waals surface area contributed by atoms with Gasteiger partial charge in [0.05, 0.1) is 89.1 Å². The molecule has 0 saturated carbocycles. The molecule has 1 unspecified atom stereocenters. The summed E-state index contributed by atoms with van der Waals surface area (Å²) >= 11 is 0. The van der Waals surface area contributed by atoms with Crippen LogP contribution < -0.4 is 0 Å². The van der Waals surface area contributed by atoms with Crippen LogP contribution in [0.5, 0.6) is 0 Å². The van der Waals surface area contributed by atoms with Gasteiger partial charge in [0.25, 0.3) is 0 Å². The minimum absolute atomic E-state index is 0.208. The van der Waals surface area contributed by atoms with Gasteiger partial charge in [-0.3, -0.25) is 0 Å². The highest BCUT2D eigenvalue weighted by Gasteiger charge is 2.42. The zero-order chi connectivity index (χ0) is 69.3. The number of hydrogen-bond donors (Lipinski definition) is 0. The summed E-state index contributed by atoms with van der Waals surface area (Å²) in [6.45, 7) is 6.97. The molecule has 10 nitrogen and oxygen atoms in total. The number of hydrogen-bond acceptors (Lipinski definition) is 6. The Morgan fingerprint density at radius 3 is 1.25 bits per heavy atom. The van der Waals surface area contributed by atoms with Crippen LogP contribution in [0.15, 0.2) is 270 Å². The van der Waals surface area contributed by atoms with E-state index < -0.39 is 5.41 Å². The lowest BCUT2D eigenvalue weighted by atomic mass is 9.74. The van der Waals surface area contributed by atoms with Crippen LogP contribution in [0.3, 0.4) is 0 Å². The monoisotopic (exact) mass is 1330 g/mol. The van der Waals surface area contributed by atoms with Crippen molar-refractivity contribution in [1.82, 2.24) is 18.3 Å². The summed E-state index contributed by atoms with van der Waals surface area (Å²) in [6.07, 6.45) is 0.575. The summed E-state index contributed by atoms with van der Waals surface area (Å²) in [5, 5.41) is 58.2. The van der Waals surface area contributed by atoms with Crippen LogP contribution in [0.1, 0.15) is 70.8 Å². The maximum atomic E-state index is 11.6. The van der Waals surface area contributed by atoms with Crippen molar-refractivity contribution >= 4 is 131 Å². The highest BCUT2D eigenvalue weighted by Crippen LogP contribution is 2.56. The minimum atomic E-state index is -0.610. The van der Waals surface area contributed by atoms with Gasteiger partial charge in [-0.2, -0.15) is 21.0 Å². The molecule has 6 heterocycles. The molecule has 0 spiro atoms. The van der Waals surface area contributed by atoms with Crippen molar-refractivity contribution in [3.05, 3.63) is 311 Å². The van der Waals surface area contributed by atoms with Crippen molar-refractivity contribution in [3.63, 3.8) is 0 Å². The van der Waals surface area contributed by atoms with E-state index >= 15 is 0 Å². The van der Waals surface area contributed by atoms with E-state index in [0.29, 0.717) is 62.6 Å². The molecule has 0 N–H and O–H groups in total. The Kier molecular flexibility index (Phi) is 11.4. The first-order chi connectivity index (χ1) is 51.0. The van der Waals surface area contributed by atoms with Crippen molar-refractivity contribution in [2.75, 3.05) is 0 Å². The molecule has 104 heavy (non-hydrogen) atoms. The molecule has 2 aliphatic carbocycles. The molecule has 14 aromatic carbocycles. The SMILES string of the molecule is CC1(C)c2ccccc2-c2cc3c(cc21)c1ccccc1n3-c1cc(C#N)c(-n2c3ccccc3c3cc4c(cc32)-c2ccccc2C4(C)Cc2cc3c4ccccc4n(-c4cc(C#N)c(-n5c6ccccc6c6ccc7c8ccccc8oc7c65)cc4C#N)c3c3oc4ccccc4c23)cc1C#N. The molecule has 0 bridgehead atoms. The topological polar surface area (TPSA) is 141 Å². The number of furan rings is 2. The van der Waals surface area contributed by atoms with E-state index in [2.05, 4.69) is 239 Å². The van der Waals surface area contributed by atoms with Crippen LogP contribution in [-0.4, -0.2) is 18.3 Å². The second kappa shape index (κ2) is 20.5. The summed E-state index contributed by atoms with van der Waals surface area (Å²) in [6, 6.07) is 101. The second-order valence-corrected chi connectivity index (χ2v) is 28.9. The van der Waals surface area contributed by atoms with Gasteiger partial charge in [0, 0.05) is 75.5 Å². The second-order valence-electron chi connectivity index (χ2n) is 28.9. The van der Waals surface area contributed by atoms with E-state index in [-0.39, 0.29) is 5.41 Å². The third-order valence-electron chi connectivity index (χ3n) is 23.4. The normalized spacial score (nSPS) is 14.4. The van der Waals surface area contributed by atoms with Crippen molar-refractivity contribution in [3.8, 4) is 69.3 Å². The highest BCUT2D eigenvalue weighted by atomic mass is 16.3. The van der Waals surface area contributed by atoms with Gasteiger partial charge in [-0.15, -0.1) is 0 Å². The molecule has 6 aromatic heterocycles. The number of aromatic nitrogens is 4. The molecular formula is C94H54N8O2. The fraction of sp³-hybridized carbons (Fsp3) is 0.0638. The fourth-order valence-corrected chi connectivity index (χ4v) is 18.8. The van der Waals surface area contributed by atoms with Crippen LogP contribution in [0.25, 0.3) is 176 Å². The van der Waals surface area contributed by atoms with E-state index in [1.807, 2.05) is 84.9 Å². The van der Waals surface area contributed by atoms with Crippen LogP contribution in [0.2, 0.25) is 0 Å². The first-order valence-corrected chi connectivity index (χ1v) is 35.1. The Morgan fingerprint density at radius 2 is 0.692 bits per heavy atom. The first kappa shape index (κ1) is 57.7. The summed E-state index contributed by atoms with van der Waals surface area (Å²) in [5.74, 6) is 0. The predicted molar refractivity (Wildman–Crippen MR) is 417 cm³/mol. The van der Waals surface area contributed by atoms with E-state index in [4.69, 9.17) is 8.83 Å². The highest BCUT2D eigenvalue weighted by molar-refractivity contribution is 6.24. The third kappa shape index (κ3) is 7.37. The lowest BCUT2D eigenvalue weighted by molar-refractivity contribution is 0.586. The fourth-order valence-electron chi connectivity index (χ4n) is 18.8. The maximum Gasteiger partial charge on any atom is 0.160 e. The van der Waals surface area contributed by atoms with Crippen LogP contribution in [0.4, 0.5) is 0 Å². The van der Waals surface area contributed by atoms with Crippen molar-refractivity contribution in [1.29, 1.82) is 21.0 Å². The maximum absolute atomic E-state index is 11.6. The van der Waals surface area contributed by atoms with E-state index in [1.54, 1.807) is 0 Å². The van der Waals surface area contributed by atoms with E-state index in [0.717, 1.165) is 137 Å². The van der Waals surface area contributed by atoms with Gasteiger partial charge in [-0.25, -0.2) is 0 Å². The summed E-state index contributed by atoms with van der Waals surface area (Å²) in [5.41, 5.74) is 23.8. The summed E-state index contributed by atoms with van der Waals surface area (Å²) < 4.78 is 22.6. The predicted octanol–water partition coefficient (Wildman–Crippen LogP) is 23.2. The van der Waals surface area contributed by atoms with Gasteiger partial charge in [0.15, 0.2) is 11.2 Å². The third-order valence-corrected chi connectivity index (χ3v) is 23.4. The lowest BCUT2D eigenvalue weighted by Gasteiger charge is -2.28. The van der Waals surface area contributed by atoms with Gasteiger partial charge in [0.2, 0.25) is 0 Å². The quantitative estimate of drug-likeness (QED) is 0.162. The molecule has 20 aromatic rings. The standard InChI is InChI=1S/C94H54N8O2/c1-93(2)72-28-12-4-20-57(72)67-45-84-69(43-74(67)93)60-23-7-14-30-76(60)99(84)80-39-54(49-96)81(40-53(80)48-95)100-77-31-15-8-24-61(77)70-44-75-68(46-85(70)100)58-21-5-13-29-73(58)94(75,3)47-52-38-71-62-25-9-17-33-79(62)102(90(71)92-88(52)66-27-11-19-35-87(66)104-92)83-42-55(50-97)82(41-56(83)51-98)101-78-32-16-6-22-59(78)64-36-37-65-63-26-10-18-34-86(63)103-91(65)89(64)101/h4-46H,47H2,1-3H3. The molecule has 0 amide bonds. The number of nitrogens with zero attached hydrogens (tertiary/aromatic N) is 8. The summed E-state index contributed by atoms with van der Waals surface area (Å²) in [7, 11) is 0. The Balaban J connectivity index is 0.727. The minimum Gasteiger partial charge on any atom is -0.454 e. The van der Waals surface area contributed by atoms with E-state index in [9.17, 15) is 21.0 Å². The Labute approximate surface area is 593 Å². The molecule has 482 valence electrons. The van der Waals surface area contributed by atoms with Crippen LogP contribution >= 0.6 is 0 Å². The molecule has 0 aliphatic heterocycles. The number of benzene rings is 14.